The summed E-state index contributed by atoms with van der Waals surface area (Å²) in [5.74, 6) is -1.24. The number of Topliss-reactive ketones (excluding diaryl/α,β-unsaturated/α-hetero) is 2. The Hall–Kier alpha value is -2.70. The molecular formula is C20H25NO6. The van der Waals surface area contributed by atoms with Gasteiger partial charge in [-0.05, 0) is 18.9 Å². The average Bonchev–Trinajstić information content (AvgIpc) is 2.67. The van der Waals surface area contributed by atoms with E-state index in [1.165, 1.54) is 12.1 Å². The lowest BCUT2D eigenvalue weighted by Crippen LogP contribution is -2.25. The molecule has 2 rings (SSSR count). The van der Waals surface area contributed by atoms with Crippen molar-refractivity contribution in [1.82, 2.24) is 0 Å². The molecule has 1 aromatic carbocycles. The summed E-state index contributed by atoms with van der Waals surface area (Å²) in [6.45, 7) is 4.70. The van der Waals surface area contributed by atoms with E-state index >= 15 is 0 Å². The minimum atomic E-state index is -0.597. The van der Waals surface area contributed by atoms with Crippen molar-refractivity contribution >= 4 is 17.3 Å². The minimum Gasteiger partial charge on any atom is -0.486 e. The fraction of sp³-hybridized carbons (Fsp3) is 0.500. The quantitative estimate of drug-likeness (QED) is 0.319. The summed E-state index contributed by atoms with van der Waals surface area (Å²) in [7, 11) is 0. The number of fused-ring (bicyclic) bond motifs is 1. The van der Waals surface area contributed by atoms with E-state index in [-0.39, 0.29) is 34.9 Å². The zero-order valence-electron chi connectivity index (χ0n) is 15.8. The highest BCUT2D eigenvalue weighted by Gasteiger charge is 2.36. The summed E-state index contributed by atoms with van der Waals surface area (Å²) in [5, 5.41) is 11.0. The molecule has 0 aromatic heterocycles. The number of rotatable bonds is 11. The third-order valence-electron chi connectivity index (χ3n) is 4.31. The Bertz CT molecular complexity index is 753. The first-order valence-electron chi connectivity index (χ1n) is 9.38. The van der Waals surface area contributed by atoms with Crippen molar-refractivity contribution in [2.45, 2.75) is 52.4 Å². The largest absolute Gasteiger partial charge is 0.486 e. The van der Waals surface area contributed by atoms with Gasteiger partial charge in [0.25, 0.3) is 5.69 Å². The molecule has 1 aromatic rings. The summed E-state index contributed by atoms with van der Waals surface area (Å²) >= 11 is 0. The van der Waals surface area contributed by atoms with Gasteiger partial charge in [0.15, 0.2) is 0 Å². The number of hydrogen-bond donors (Lipinski definition) is 0. The van der Waals surface area contributed by atoms with Crippen LogP contribution in [0.15, 0.2) is 29.7 Å². The van der Waals surface area contributed by atoms with Gasteiger partial charge in [-0.25, -0.2) is 0 Å². The molecule has 0 heterocycles. The number of benzene rings is 1. The Kier molecular flexibility index (Phi) is 7.52. The van der Waals surface area contributed by atoms with Gasteiger partial charge >= 0.3 is 0 Å². The van der Waals surface area contributed by atoms with Crippen LogP contribution in [0.5, 0.6) is 0 Å². The molecule has 27 heavy (non-hydrogen) atoms. The molecule has 1 aliphatic carbocycles. The second-order valence-corrected chi connectivity index (χ2v) is 6.41. The topological polar surface area (TPSA) is 95.7 Å². The van der Waals surface area contributed by atoms with Crippen LogP contribution in [0.4, 0.5) is 5.69 Å². The van der Waals surface area contributed by atoms with E-state index in [0.717, 1.165) is 44.6 Å². The molecule has 7 heteroatoms. The maximum absolute atomic E-state index is 12.9. The van der Waals surface area contributed by atoms with E-state index in [1.807, 2.05) is 6.92 Å². The number of carbonyl (C=O) groups is 2. The van der Waals surface area contributed by atoms with E-state index < -0.39 is 16.5 Å². The number of hydrogen-bond acceptors (Lipinski definition) is 6. The third-order valence-corrected chi connectivity index (χ3v) is 4.31. The molecule has 0 unspecified atom stereocenters. The number of nitro benzene ring substituents is 1. The summed E-state index contributed by atoms with van der Waals surface area (Å²) in [5.41, 5.74) is -0.148. The molecule has 0 aliphatic heterocycles. The highest BCUT2D eigenvalue weighted by molar-refractivity contribution is 6.25. The van der Waals surface area contributed by atoms with E-state index in [1.54, 1.807) is 0 Å². The van der Waals surface area contributed by atoms with Crippen LogP contribution in [0.1, 0.15) is 73.1 Å². The standard InChI is InChI=1S/C20H25NO6/c1-3-5-7-11-26-19-17(22)15-10-9-14(21(24)25)13-16(15)18(23)20(19)27-12-8-6-4-2/h9-10,13H,3-8,11-12H2,1-2H3. The summed E-state index contributed by atoms with van der Waals surface area (Å²) in [6.07, 6.45) is 5.38. The predicted octanol–water partition coefficient (Wildman–Crippen LogP) is 4.60. The average molecular weight is 375 g/mol. The van der Waals surface area contributed by atoms with Crippen LogP contribution >= 0.6 is 0 Å². The van der Waals surface area contributed by atoms with Gasteiger partial charge in [0.1, 0.15) is 0 Å². The number of nitrogens with zero attached hydrogens (tertiary/aromatic N) is 1. The Labute approximate surface area is 158 Å². The highest BCUT2D eigenvalue weighted by Crippen LogP contribution is 2.30. The van der Waals surface area contributed by atoms with Crippen LogP contribution in [-0.4, -0.2) is 29.7 Å². The summed E-state index contributed by atoms with van der Waals surface area (Å²) in [4.78, 5) is 36.1. The molecule has 0 radical (unpaired) electrons. The van der Waals surface area contributed by atoms with E-state index in [9.17, 15) is 19.7 Å². The highest BCUT2D eigenvalue weighted by atomic mass is 16.6. The molecule has 146 valence electrons. The van der Waals surface area contributed by atoms with E-state index in [2.05, 4.69) is 6.92 Å². The van der Waals surface area contributed by atoms with Gasteiger partial charge < -0.3 is 9.47 Å². The zero-order chi connectivity index (χ0) is 19.8. The summed E-state index contributed by atoms with van der Waals surface area (Å²) in [6, 6.07) is 3.64. The van der Waals surface area contributed by atoms with Crippen LogP contribution in [0, 0.1) is 10.1 Å². The van der Waals surface area contributed by atoms with Crippen molar-refractivity contribution in [3.8, 4) is 0 Å². The van der Waals surface area contributed by atoms with Gasteiger partial charge in [0, 0.05) is 23.3 Å². The van der Waals surface area contributed by atoms with Crippen molar-refractivity contribution < 1.29 is 24.0 Å². The lowest BCUT2D eigenvalue weighted by molar-refractivity contribution is -0.384. The minimum absolute atomic E-state index is 0.0133. The summed E-state index contributed by atoms with van der Waals surface area (Å²) < 4.78 is 11.2. The molecular weight excluding hydrogens is 350 g/mol. The first kappa shape index (κ1) is 20.6. The molecule has 0 atom stereocenters. The predicted molar refractivity (Wildman–Crippen MR) is 99.7 cm³/mol. The number of carbonyl (C=O) groups excluding carboxylic acids is 2. The van der Waals surface area contributed by atoms with Crippen molar-refractivity contribution in [2.75, 3.05) is 13.2 Å². The molecule has 0 N–H and O–H groups in total. The van der Waals surface area contributed by atoms with Crippen LogP contribution in [0.25, 0.3) is 0 Å². The Morgan fingerprint density at radius 2 is 1.37 bits per heavy atom. The molecule has 0 amide bonds. The van der Waals surface area contributed by atoms with Gasteiger partial charge in [-0.3, -0.25) is 19.7 Å². The van der Waals surface area contributed by atoms with Gasteiger partial charge in [-0.1, -0.05) is 39.5 Å². The van der Waals surface area contributed by atoms with Gasteiger partial charge in [-0.2, -0.15) is 0 Å². The molecule has 0 bridgehead atoms. The van der Waals surface area contributed by atoms with Gasteiger partial charge in [-0.15, -0.1) is 0 Å². The van der Waals surface area contributed by atoms with Crippen molar-refractivity contribution in [3.05, 3.63) is 51.0 Å². The fourth-order valence-corrected chi connectivity index (χ4v) is 2.80. The number of allylic oxidation sites excluding steroid dienone is 2. The van der Waals surface area contributed by atoms with Gasteiger partial charge in [0.05, 0.1) is 18.1 Å². The smallest absolute Gasteiger partial charge is 0.270 e. The number of ether oxygens (including phenoxy) is 2. The van der Waals surface area contributed by atoms with Crippen LogP contribution in [0.3, 0.4) is 0 Å². The fourth-order valence-electron chi connectivity index (χ4n) is 2.80. The van der Waals surface area contributed by atoms with Gasteiger partial charge in [0.2, 0.25) is 23.1 Å². The second kappa shape index (κ2) is 9.85. The van der Waals surface area contributed by atoms with Crippen molar-refractivity contribution in [2.24, 2.45) is 0 Å². The molecule has 0 saturated carbocycles. The van der Waals surface area contributed by atoms with E-state index in [0.29, 0.717) is 6.61 Å². The molecule has 0 spiro atoms. The third kappa shape index (κ3) is 4.93. The molecule has 0 saturated heterocycles. The first-order valence-corrected chi connectivity index (χ1v) is 9.38. The first-order chi connectivity index (χ1) is 13.0. The lowest BCUT2D eigenvalue weighted by Gasteiger charge is -2.21. The van der Waals surface area contributed by atoms with Crippen LogP contribution in [-0.2, 0) is 9.47 Å². The van der Waals surface area contributed by atoms with Crippen molar-refractivity contribution in [3.63, 3.8) is 0 Å². The van der Waals surface area contributed by atoms with Crippen LogP contribution in [0.2, 0.25) is 0 Å². The number of ketones is 2. The Balaban J connectivity index is 2.32. The molecule has 1 aliphatic rings. The molecule has 0 fully saturated rings. The Morgan fingerprint density at radius 1 is 0.852 bits per heavy atom. The van der Waals surface area contributed by atoms with E-state index in [4.69, 9.17) is 9.47 Å². The lowest BCUT2D eigenvalue weighted by atomic mass is 9.91. The molecule has 7 nitrogen and oxygen atoms in total. The SMILES string of the molecule is CCCCCOC1=C(OCCCCC)C(=O)c2cc([N+](=O)[O-])ccc2C1=O. The van der Waals surface area contributed by atoms with Crippen molar-refractivity contribution in [1.29, 1.82) is 0 Å². The number of nitro groups is 1. The normalized spacial score (nSPS) is 13.6. The monoisotopic (exact) mass is 375 g/mol. The zero-order valence-corrected chi connectivity index (χ0v) is 15.8. The Morgan fingerprint density at radius 3 is 1.85 bits per heavy atom. The number of unbranched alkanes of at least 4 members (excludes halogenated alkanes) is 4. The maximum atomic E-state index is 12.9. The second-order valence-electron chi connectivity index (χ2n) is 6.41. The maximum Gasteiger partial charge on any atom is 0.270 e. The number of non-ortho nitro benzene ring substituents is 1. The van der Waals surface area contributed by atoms with Crippen LogP contribution < -0.4 is 0 Å².